The Hall–Kier alpha value is -1.85. The highest BCUT2D eigenvalue weighted by molar-refractivity contribution is 5.89. The molecule has 0 radical (unpaired) electrons. The number of methoxy groups -OCH3 is 1. The molecule has 0 N–H and O–H groups in total. The molecule has 6 nitrogen and oxygen atoms in total. The molecule has 0 aliphatic carbocycles. The van der Waals surface area contributed by atoms with Crippen molar-refractivity contribution in [3.8, 4) is 0 Å². The fourth-order valence-electron chi connectivity index (χ4n) is 2.07. The van der Waals surface area contributed by atoms with Gasteiger partial charge in [-0.3, -0.25) is 9.59 Å². The summed E-state index contributed by atoms with van der Waals surface area (Å²) in [6.45, 7) is 2.80. The third-order valence-electron chi connectivity index (χ3n) is 3.12. The molecule has 2 heterocycles. The summed E-state index contributed by atoms with van der Waals surface area (Å²) in [6.07, 6.45) is 2.77. The molecule has 1 fully saturated rings. The van der Waals surface area contributed by atoms with E-state index in [2.05, 4.69) is 4.98 Å². The van der Waals surface area contributed by atoms with Gasteiger partial charge in [-0.05, 0) is 19.8 Å². The lowest BCUT2D eigenvalue weighted by molar-refractivity contribution is -0.146. The number of amides is 1. The van der Waals surface area contributed by atoms with Gasteiger partial charge in [-0.2, -0.15) is 0 Å². The molecule has 0 bridgehead atoms. The Morgan fingerprint density at radius 1 is 1.44 bits per heavy atom. The number of hydrogen-bond donors (Lipinski definition) is 0. The molecular weight excluding hydrogens is 236 g/mol. The first-order valence-electron chi connectivity index (χ1n) is 5.91. The van der Waals surface area contributed by atoms with E-state index >= 15 is 0 Å². The highest BCUT2D eigenvalue weighted by Gasteiger charge is 2.29. The number of oxazole rings is 1. The van der Waals surface area contributed by atoms with Crippen LogP contribution in [0.5, 0.6) is 0 Å². The number of piperidine rings is 1. The maximum absolute atomic E-state index is 12.0. The lowest BCUT2D eigenvalue weighted by Gasteiger charge is -2.29. The van der Waals surface area contributed by atoms with Gasteiger partial charge in [0.15, 0.2) is 0 Å². The second-order valence-corrected chi connectivity index (χ2v) is 4.37. The van der Waals surface area contributed by atoms with Gasteiger partial charge in [0.25, 0.3) is 5.89 Å². The average molecular weight is 252 g/mol. The third-order valence-corrected chi connectivity index (χ3v) is 3.12. The average Bonchev–Trinajstić information content (AvgIpc) is 2.84. The Morgan fingerprint density at radius 3 is 2.61 bits per heavy atom. The van der Waals surface area contributed by atoms with E-state index in [9.17, 15) is 9.59 Å². The highest BCUT2D eigenvalue weighted by Crippen LogP contribution is 2.20. The summed E-state index contributed by atoms with van der Waals surface area (Å²) >= 11 is 0. The molecule has 98 valence electrons. The number of hydrogen-bond acceptors (Lipinski definition) is 5. The monoisotopic (exact) mass is 252 g/mol. The third kappa shape index (κ3) is 2.52. The minimum Gasteiger partial charge on any atom is -0.469 e. The van der Waals surface area contributed by atoms with E-state index in [-0.39, 0.29) is 23.7 Å². The zero-order valence-corrected chi connectivity index (χ0v) is 10.5. The van der Waals surface area contributed by atoms with Crippen molar-refractivity contribution in [1.82, 2.24) is 9.88 Å². The fourth-order valence-corrected chi connectivity index (χ4v) is 2.07. The van der Waals surface area contributed by atoms with Crippen molar-refractivity contribution in [3.05, 3.63) is 17.8 Å². The molecule has 18 heavy (non-hydrogen) atoms. The molecular formula is C12H16N2O4. The Labute approximate surface area is 105 Å². The predicted molar refractivity (Wildman–Crippen MR) is 61.9 cm³/mol. The second-order valence-electron chi connectivity index (χ2n) is 4.37. The first-order valence-corrected chi connectivity index (χ1v) is 5.91. The molecule has 6 heteroatoms. The number of nitrogens with zero attached hydrogens (tertiary/aromatic N) is 2. The van der Waals surface area contributed by atoms with E-state index in [1.54, 1.807) is 11.8 Å². The van der Waals surface area contributed by atoms with Crippen LogP contribution in [0.3, 0.4) is 0 Å². The number of carbonyl (C=O) groups excluding carboxylic acids is 2. The van der Waals surface area contributed by atoms with Crippen LogP contribution in [0.2, 0.25) is 0 Å². The molecule has 0 atom stereocenters. The number of esters is 1. The van der Waals surface area contributed by atoms with Crippen LogP contribution in [0.15, 0.2) is 10.6 Å². The highest BCUT2D eigenvalue weighted by atomic mass is 16.5. The summed E-state index contributed by atoms with van der Waals surface area (Å²) in [7, 11) is 1.38. The van der Waals surface area contributed by atoms with Crippen LogP contribution in [-0.4, -0.2) is 42.0 Å². The van der Waals surface area contributed by atoms with Gasteiger partial charge in [0.2, 0.25) is 0 Å². The van der Waals surface area contributed by atoms with E-state index < -0.39 is 0 Å². The number of aromatic nitrogens is 1. The van der Waals surface area contributed by atoms with Gasteiger partial charge in [-0.25, -0.2) is 4.98 Å². The van der Waals surface area contributed by atoms with Crippen molar-refractivity contribution in [2.75, 3.05) is 20.2 Å². The first kappa shape index (κ1) is 12.6. The standard InChI is InChI=1S/C12H16N2O4/c1-8-7-13-10(18-8)11(15)14-5-3-9(4-6-14)12(16)17-2/h7,9H,3-6H2,1-2H3. The van der Waals surface area contributed by atoms with Crippen LogP contribution in [-0.2, 0) is 9.53 Å². The smallest absolute Gasteiger partial charge is 0.309 e. The summed E-state index contributed by atoms with van der Waals surface area (Å²) in [5, 5.41) is 0. The predicted octanol–water partition coefficient (Wildman–Crippen LogP) is 1.01. The molecule has 1 aliphatic heterocycles. The second kappa shape index (κ2) is 5.20. The van der Waals surface area contributed by atoms with E-state index in [1.165, 1.54) is 13.3 Å². The fraction of sp³-hybridized carbons (Fsp3) is 0.583. The minimum absolute atomic E-state index is 0.106. The Bertz CT molecular complexity index is 447. The summed E-state index contributed by atoms with van der Waals surface area (Å²) in [5.41, 5.74) is 0. The first-order chi connectivity index (χ1) is 8.61. The lowest BCUT2D eigenvalue weighted by atomic mass is 9.97. The zero-order chi connectivity index (χ0) is 13.1. The van der Waals surface area contributed by atoms with Crippen LogP contribution in [0.4, 0.5) is 0 Å². The molecule has 1 saturated heterocycles. The van der Waals surface area contributed by atoms with Crippen LogP contribution >= 0.6 is 0 Å². The molecule has 1 aliphatic rings. The molecule has 1 aromatic rings. The van der Waals surface area contributed by atoms with Crippen molar-refractivity contribution in [2.24, 2.45) is 5.92 Å². The van der Waals surface area contributed by atoms with Gasteiger partial charge in [0, 0.05) is 13.1 Å². The molecule has 0 aromatic carbocycles. The van der Waals surface area contributed by atoms with Crippen molar-refractivity contribution < 1.29 is 18.7 Å². The van der Waals surface area contributed by atoms with Gasteiger partial charge >= 0.3 is 11.9 Å². The number of ether oxygens (including phenoxy) is 1. The molecule has 1 amide bonds. The number of rotatable bonds is 2. The molecule has 0 unspecified atom stereocenters. The molecule has 0 saturated carbocycles. The minimum atomic E-state index is -0.216. The Kier molecular flexibility index (Phi) is 3.64. The van der Waals surface area contributed by atoms with E-state index in [1.807, 2.05) is 0 Å². The topological polar surface area (TPSA) is 72.6 Å². The number of likely N-dealkylation sites (tertiary alicyclic amines) is 1. The van der Waals surface area contributed by atoms with Gasteiger partial charge in [-0.15, -0.1) is 0 Å². The van der Waals surface area contributed by atoms with Crippen molar-refractivity contribution in [1.29, 1.82) is 0 Å². The SMILES string of the molecule is COC(=O)C1CCN(C(=O)c2ncc(C)o2)CC1. The maximum Gasteiger partial charge on any atom is 0.309 e. The summed E-state index contributed by atoms with van der Waals surface area (Å²) < 4.78 is 9.90. The zero-order valence-electron chi connectivity index (χ0n) is 10.5. The Balaban J connectivity index is 1.94. The summed E-state index contributed by atoms with van der Waals surface area (Å²) in [5.74, 6) is 0.206. The van der Waals surface area contributed by atoms with Crippen LogP contribution in [0, 0.1) is 12.8 Å². The molecule has 2 rings (SSSR count). The van der Waals surface area contributed by atoms with Crippen LogP contribution in [0.1, 0.15) is 29.3 Å². The van der Waals surface area contributed by atoms with Crippen molar-refractivity contribution in [3.63, 3.8) is 0 Å². The van der Waals surface area contributed by atoms with E-state index in [0.29, 0.717) is 31.7 Å². The van der Waals surface area contributed by atoms with Gasteiger partial charge in [-0.1, -0.05) is 0 Å². The van der Waals surface area contributed by atoms with Crippen molar-refractivity contribution >= 4 is 11.9 Å². The van der Waals surface area contributed by atoms with E-state index in [4.69, 9.17) is 9.15 Å². The lowest BCUT2D eigenvalue weighted by Crippen LogP contribution is -2.40. The van der Waals surface area contributed by atoms with Crippen LogP contribution < -0.4 is 0 Å². The van der Waals surface area contributed by atoms with Gasteiger partial charge in [0.05, 0.1) is 19.2 Å². The Morgan fingerprint density at radius 2 is 2.11 bits per heavy atom. The number of carbonyl (C=O) groups is 2. The van der Waals surface area contributed by atoms with Crippen molar-refractivity contribution in [2.45, 2.75) is 19.8 Å². The van der Waals surface area contributed by atoms with Gasteiger partial charge in [0.1, 0.15) is 5.76 Å². The molecule has 0 spiro atoms. The summed E-state index contributed by atoms with van der Waals surface area (Å²) in [4.78, 5) is 28.9. The maximum atomic E-state index is 12.0. The quantitative estimate of drug-likeness (QED) is 0.734. The number of aryl methyl sites for hydroxylation is 1. The van der Waals surface area contributed by atoms with Gasteiger partial charge < -0.3 is 14.1 Å². The normalized spacial score (nSPS) is 16.7. The summed E-state index contributed by atoms with van der Waals surface area (Å²) in [6, 6.07) is 0. The molecule has 1 aromatic heterocycles. The van der Waals surface area contributed by atoms with Crippen LogP contribution in [0.25, 0.3) is 0 Å². The van der Waals surface area contributed by atoms with E-state index in [0.717, 1.165) is 0 Å². The largest absolute Gasteiger partial charge is 0.469 e.